The average Bonchev–Trinajstić information content (AvgIpc) is 2.97. The third-order valence-corrected chi connectivity index (χ3v) is 9.33. The zero-order chi connectivity index (χ0) is 28.8. The summed E-state index contributed by atoms with van der Waals surface area (Å²) in [4.78, 5) is 9.43. The van der Waals surface area contributed by atoms with Gasteiger partial charge in [0, 0.05) is 26.3 Å². The first-order valence-corrected chi connectivity index (χ1v) is 17.5. The van der Waals surface area contributed by atoms with E-state index in [-0.39, 0.29) is 25.5 Å². The van der Waals surface area contributed by atoms with Crippen LogP contribution in [0.5, 0.6) is 0 Å². The molecule has 0 aliphatic heterocycles. The maximum absolute atomic E-state index is 4.74. The molecule has 2 aromatic heterocycles. The summed E-state index contributed by atoms with van der Waals surface area (Å²) in [5.41, 5.74) is 7.93. The second kappa shape index (κ2) is 14.1. The Morgan fingerprint density at radius 1 is 0.683 bits per heavy atom. The van der Waals surface area contributed by atoms with Crippen LogP contribution < -0.4 is 5.19 Å². The minimum atomic E-state index is -1.42. The van der Waals surface area contributed by atoms with Gasteiger partial charge in [0.05, 0.1) is 13.8 Å². The van der Waals surface area contributed by atoms with Crippen LogP contribution >= 0.6 is 0 Å². The van der Waals surface area contributed by atoms with Gasteiger partial charge in [-0.3, -0.25) is 4.98 Å². The van der Waals surface area contributed by atoms with Crippen molar-refractivity contribution in [3.05, 3.63) is 127 Å². The molecule has 213 valence electrons. The Balaban J connectivity index is 0.000000224. The van der Waals surface area contributed by atoms with Crippen molar-refractivity contribution in [2.75, 3.05) is 0 Å². The summed E-state index contributed by atoms with van der Waals surface area (Å²) in [7, 11) is -1.42. The molecule has 0 fully saturated rings. The van der Waals surface area contributed by atoms with Crippen molar-refractivity contribution in [3.8, 4) is 33.8 Å². The van der Waals surface area contributed by atoms with Crippen LogP contribution in [0.25, 0.3) is 33.8 Å². The first kappa shape index (κ1) is 32.3. The van der Waals surface area contributed by atoms with Crippen LogP contribution in [-0.2, 0) is 20.1 Å². The van der Waals surface area contributed by atoms with Crippen LogP contribution in [0, 0.1) is 17.5 Å². The molecule has 2 heterocycles. The summed E-state index contributed by atoms with van der Waals surface area (Å²) in [6, 6.07) is 41.1. The quantitative estimate of drug-likeness (QED) is 0.133. The van der Waals surface area contributed by atoms with Gasteiger partial charge in [0.25, 0.3) is 0 Å². The fourth-order valence-electron chi connectivity index (χ4n) is 4.53. The van der Waals surface area contributed by atoms with Crippen molar-refractivity contribution in [1.29, 1.82) is 0 Å². The number of aromatic nitrogens is 2. The van der Waals surface area contributed by atoms with E-state index in [0.717, 1.165) is 33.8 Å². The Morgan fingerprint density at radius 3 is 1.78 bits per heavy atom. The molecule has 5 aromatic rings. The molecule has 0 spiro atoms. The van der Waals surface area contributed by atoms with E-state index in [4.69, 9.17) is 4.98 Å². The van der Waals surface area contributed by atoms with E-state index in [1.807, 2.05) is 78.9 Å². The fraction of sp³-hybridized carbons (Fsp3) is 0.243. The van der Waals surface area contributed by atoms with E-state index in [0.29, 0.717) is 5.92 Å². The van der Waals surface area contributed by atoms with Crippen LogP contribution in [-0.4, -0.2) is 18.0 Å². The summed E-state index contributed by atoms with van der Waals surface area (Å²) in [6.45, 7) is 16.5. The van der Waals surface area contributed by atoms with Crippen LogP contribution in [0.3, 0.4) is 0 Å². The maximum atomic E-state index is 4.74. The van der Waals surface area contributed by atoms with Crippen LogP contribution in [0.4, 0.5) is 0 Å². The molecule has 4 heteroatoms. The van der Waals surface area contributed by atoms with Crippen molar-refractivity contribution in [2.24, 2.45) is 5.41 Å². The standard InChI is InChI=1S/C20H28NSi.C17H12N.Ir/c1-15(20(2,3)4)17-13-18(16-11-9-8-10-12-16)21-14-19(17)22(5,6)7;1-3-8-14(9-4-1)16-12-7-13-17(18-16)15-10-5-2-6-11-15;/h8-11,13-15H,1-7H3;1-10,12-13H;/q2*-1;. The molecule has 0 aliphatic carbocycles. The number of nitrogens with zero attached hydrogens (tertiary/aromatic N) is 2. The topological polar surface area (TPSA) is 25.8 Å². The molecule has 1 atom stereocenters. The van der Waals surface area contributed by atoms with Crippen LogP contribution in [0.2, 0.25) is 19.6 Å². The number of benzene rings is 3. The Bertz CT molecular complexity index is 1450. The average molecular weight is 733 g/mol. The molecule has 5 rings (SSSR count). The molecule has 0 bridgehead atoms. The summed E-state index contributed by atoms with van der Waals surface area (Å²) in [6.07, 6.45) is 2.12. The fourth-order valence-corrected chi connectivity index (χ4v) is 6.14. The van der Waals surface area contributed by atoms with Gasteiger partial charge in [0.15, 0.2) is 0 Å². The maximum Gasteiger partial charge on any atom is 0.0799 e. The monoisotopic (exact) mass is 733 g/mol. The predicted molar refractivity (Wildman–Crippen MR) is 173 cm³/mol. The Labute approximate surface area is 261 Å². The number of rotatable bonds is 5. The number of pyridine rings is 2. The smallest absolute Gasteiger partial charge is 0.0799 e. The minimum absolute atomic E-state index is 0. The van der Waals surface area contributed by atoms with Gasteiger partial charge in [-0.05, 0) is 39.5 Å². The van der Waals surface area contributed by atoms with E-state index in [1.165, 1.54) is 10.8 Å². The molecule has 0 amide bonds. The van der Waals surface area contributed by atoms with Gasteiger partial charge >= 0.3 is 0 Å². The third kappa shape index (κ3) is 8.66. The molecule has 3 aromatic carbocycles. The van der Waals surface area contributed by atoms with Gasteiger partial charge in [-0.25, -0.2) is 0 Å². The molecular formula is C37H40IrN2Si-2. The molecule has 41 heavy (non-hydrogen) atoms. The summed E-state index contributed by atoms with van der Waals surface area (Å²) in [5.74, 6) is 0.500. The van der Waals surface area contributed by atoms with E-state index < -0.39 is 8.07 Å². The minimum Gasteiger partial charge on any atom is -0.305 e. The van der Waals surface area contributed by atoms with Crippen molar-refractivity contribution >= 4 is 13.3 Å². The molecule has 1 radical (unpaired) electrons. The van der Waals surface area contributed by atoms with E-state index in [2.05, 4.69) is 94.9 Å². The SMILES string of the molecule is CC(c1cc(-c2[c-]cccc2)ncc1[Si](C)(C)C)C(C)(C)C.[Ir].[c-]1ccccc1-c1cccc(-c2ccccc2)n1. The van der Waals surface area contributed by atoms with Crippen molar-refractivity contribution in [3.63, 3.8) is 0 Å². The second-order valence-electron chi connectivity index (χ2n) is 12.3. The molecule has 2 nitrogen and oxygen atoms in total. The Kier molecular flexibility index (Phi) is 11.2. The van der Waals surface area contributed by atoms with Gasteiger partial charge in [0.1, 0.15) is 0 Å². The van der Waals surface area contributed by atoms with Crippen LogP contribution in [0.15, 0.2) is 109 Å². The Hall–Kier alpha value is -3.17. The normalized spacial score (nSPS) is 12.0. The molecule has 0 aliphatic rings. The summed E-state index contributed by atoms with van der Waals surface area (Å²) < 4.78 is 0. The largest absolute Gasteiger partial charge is 0.305 e. The van der Waals surface area contributed by atoms with Gasteiger partial charge in [-0.1, -0.05) is 101 Å². The van der Waals surface area contributed by atoms with Gasteiger partial charge in [0.2, 0.25) is 0 Å². The zero-order valence-corrected chi connectivity index (χ0v) is 28.6. The first-order valence-electron chi connectivity index (χ1n) is 14.0. The zero-order valence-electron chi connectivity index (χ0n) is 25.2. The summed E-state index contributed by atoms with van der Waals surface area (Å²) >= 11 is 0. The molecule has 0 saturated carbocycles. The van der Waals surface area contributed by atoms with Crippen LogP contribution in [0.1, 0.15) is 39.2 Å². The molecular weight excluding hydrogens is 693 g/mol. The second-order valence-corrected chi connectivity index (χ2v) is 17.4. The van der Waals surface area contributed by atoms with Crippen molar-refractivity contribution < 1.29 is 20.1 Å². The predicted octanol–water partition coefficient (Wildman–Crippen LogP) is 9.46. The van der Waals surface area contributed by atoms with E-state index >= 15 is 0 Å². The van der Waals surface area contributed by atoms with Crippen molar-refractivity contribution in [1.82, 2.24) is 9.97 Å². The summed E-state index contributed by atoms with van der Waals surface area (Å²) in [5, 5.41) is 1.48. The van der Waals surface area contributed by atoms with Gasteiger partial charge in [-0.2, -0.15) is 0 Å². The third-order valence-electron chi connectivity index (χ3n) is 7.30. The van der Waals surface area contributed by atoms with Gasteiger partial charge in [-0.15, -0.1) is 71.8 Å². The van der Waals surface area contributed by atoms with Crippen molar-refractivity contribution in [2.45, 2.75) is 53.3 Å². The molecule has 0 N–H and O–H groups in total. The van der Waals surface area contributed by atoms with E-state index in [1.54, 1.807) is 0 Å². The van der Waals surface area contributed by atoms with E-state index in [9.17, 15) is 0 Å². The Morgan fingerprint density at radius 2 is 1.24 bits per heavy atom. The van der Waals surface area contributed by atoms with Gasteiger partial charge < -0.3 is 4.98 Å². The number of hydrogen-bond donors (Lipinski definition) is 0. The first-order chi connectivity index (χ1) is 19.0. The molecule has 0 saturated heterocycles. The number of hydrogen-bond acceptors (Lipinski definition) is 2. The molecule has 1 unspecified atom stereocenters.